The van der Waals surface area contributed by atoms with E-state index in [1.165, 1.54) is 17.0 Å². The largest absolute Gasteiger partial charge is 0.310 e. The van der Waals surface area contributed by atoms with Crippen molar-refractivity contribution >= 4 is 39.9 Å². The van der Waals surface area contributed by atoms with Gasteiger partial charge >= 0.3 is 0 Å². The molecule has 5 nitrogen and oxygen atoms in total. The van der Waals surface area contributed by atoms with Crippen molar-refractivity contribution in [2.24, 2.45) is 0 Å². The highest BCUT2D eigenvalue weighted by Crippen LogP contribution is 2.25. The fourth-order valence-corrected chi connectivity index (χ4v) is 2.58. The van der Waals surface area contributed by atoms with Crippen molar-refractivity contribution in [3.8, 4) is 0 Å². The molecule has 0 bridgehead atoms. The number of nitrogens with zero attached hydrogens (tertiary/aromatic N) is 2. The van der Waals surface area contributed by atoms with E-state index in [4.69, 9.17) is 0 Å². The monoisotopic (exact) mass is 382 g/mol. The maximum atomic E-state index is 12.4. The zero-order chi connectivity index (χ0) is 14.7. The number of benzene rings is 2. The normalized spacial score (nSPS) is 10.1. The van der Waals surface area contributed by atoms with Gasteiger partial charge in [-0.3, -0.25) is 14.9 Å². The molecule has 1 amide bonds. The maximum absolute atomic E-state index is 12.4. The van der Waals surface area contributed by atoms with E-state index in [2.05, 4.69) is 22.6 Å². The van der Waals surface area contributed by atoms with Crippen LogP contribution in [0.15, 0.2) is 48.5 Å². The van der Waals surface area contributed by atoms with E-state index in [0.717, 1.165) is 9.26 Å². The van der Waals surface area contributed by atoms with Crippen molar-refractivity contribution < 1.29 is 9.72 Å². The van der Waals surface area contributed by atoms with Gasteiger partial charge in [0.05, 0.1) is 10.6 Å². The molecule has 0 aliphatic carbocycles. The second-order valence-electron chi connectivity index (χ2n) is 4.09. The van der Waals surface area contributed by atoms with Crippen LogP contribution in [0, 0.1) is 13.7 Å². The van der Waals surface area contributed by atoms with Gasteiger partial charge in [0.15, 0.2) is 0 Å². The molecular formula is C14H11IN2O3. The number of amides is 1. The van der Waals surface area contributed by atoms with E-state index < -0.39 is 10.8 Å². The third-order valence-electron chi connectivity index (χ3n) is 2.85. The van der Waals surface area contributed by atoms with Crippen molar-refractivity contribution in [3.63, 3.8) is 0 Å². The molecule has 0 spiro atoms. The molecule has 0 saturated carbocycles. The van der Waals surface area contributed by atoms with Gasteiger partial charge in [-0.05, 0) is 40.8 Å². The predicted octanol–water partition coefficient (Wildman–Crippen LogP) is 3.48. The van der Waals surface area contributed by atoms with Crippen molar-refractivity contribution in [1.82, 2.24) is 0 Å². The van der Waals surface area contributed by atoms with Crippen LogP contribution in [0.25, 0.3) is 0 Å². The Kier molecular flexibility index (Phi) is 4.33. The van der Waals surface area contributed by atoms with E-state index in [0.29, 0.717) is 0 Å². The van der Waals surface area contributed by atoms with Gasteiger partial charge in [-0.25, -0.2) is 0 Å². The summed E-state index contributed by atoms with van der Waals surface area (Å²) in [7, 11) is 1.61. The van der Waals surface area contributed by atoms with Gasteiger partial charge in [0.25, 0.3) is 11.6 Å². The molecule has 0 heterocycles. The van der Waals surface area contributed by atoms with Gasteiger partial charge in [0.2, 0.25) is 0 Å². The number of carbonyl (C=O) groups is 1. The van der Waals surface area contributed by atoms with Crippen LogP contribution >= 0.6 is 22.6 Å². The first-order chi connectivity index (χ1) is 9.52. The molecule has 0 aromatic heterocycles. The lowest BCUT2D eigenvalue weighted by Crippen LogP contribution is -2.27. The number of nitro benzene ring substituents is 1. The van der Waals surface area contributed by atoms with Crippen molar-refractivity contribution in [2.75, 3.05) is 11.9 Å². The Morgan fingerprint density at radius 2 is 1.75 bits per heavy atom. The molecule has 0 aliphatic heterocycles. The van der Waals surface area contributed by atoms with Crippen LogP contribution in [-0.2, 0) is 0 Å². The number of nitro groups is 1. The Hall–Kier alpha value is -1.96. The maximum Gasteiger partial charge on any atom is 0.282 e. The molecule has 0 fully saturated rings. The minimum Gasteiger partial charge on any atom is -0.310 e. The summed E-state index contributed by atoms with van der Waals surface area (Å²) in [5, 5.41) is 11.0. The van der Waals surface area contributed by atoms with Crippen LogP contribution < -0.4 is 4.90 Å². The summed E-state index contributed by atoms with van der Waals surface area (Å²) >= 11 is 2.12. The number of hydrogen-bond acceptors (Lipinski definition) is 3. The summed E-state index contributed by atoms with van der Waals surface area (Å²) in [5.41, 5.74) is 0.617. The molecular weight excluding hydrogens is 371 g/mol. The number of anilines is 1. The molecule has 20 heavy (non-hydrogen) atoms. The van der Waals surface area contributed by atoms with Gasteiger partial charge in [-0.2, -0.15) is 0 Å². The Labute approximate surface area is 129 Å². The van der Waals surface area contributed by atoms with Crippen LogP contribution in [0.2, 0.25) is 0 Å². The highest BCUT2D eigenvalue weighted by molar-refractivity contribution is 14.1. The number of rotatable bonds is 3. The van der Waals surface area contributed by atoms with Gasteiger partial charge in [-0.15, -0.1) is 0 Å². The van der Waals surface area contributed by atoms with Gasteiger partial charge in [0, 0.05) is 16.7 Å². The van der Waals surface area contributed by atoms with Gasteiger partial charge in [0.1, 0.15) is 5.56 Å². The molecule has 0 N–H and O–H groups in total. The van der Waals surface area contributed by atoms with E-state index >= 15 is 0 Å². The third-order valence-corrected chi connectivity index (χ3v) is 3.76. The Morgan fingerprint density at radius 3 is 2.40 bits per heavy atom. The Bertz CT molecular complexity index is 673. The molecule has 0 unspecified atom stereocenters. The van der Waals surface area contributed by atoms with E-state index in [1.807, 2.05) is 18.2 Å². The SMILES string of the molecule is CN(C(=O)c1ccccc1[N+](=O)[O-])c1ccccc1I. The molecule has 0 radical (unpaired) electrons. The molecule has 0 aliphatic rings. The number of carbonyl (C=O) groups excluding carboxylic acids is 1. The van der Waals surface area contributed by atoms with Crippen LogP contribution in [-0.4, -0.2) is 17.9 Å². The van der Waals surface area contributed by atoms with E-state index in [-0.39, 0.29) is 11.3 Å². The summed E-state index contributed by atoms with van der Waals surface area (Å²) in [6.45, 7) is 0. The lowest BCUT2D eigenvalue weighted by Gasteiger charge is -2.18. The molecule has 2 aromatic rings. The fraction of sp³-hybridized carbons (Fsp3) is 0.0714. The molecule has 102 valence electrons. The first kappa shape index (κ1) is 14.4. The second-order valence-corrected chi connectivity index (χ2v) is 5.25. The van der Waals surface area contributed by atoms with Crippen molar-refractivity contribution in [3.05, 3.63) is 67.8 Å². The highest BCUT2D eigenvalue weighted by atomic mass is 127. The van der Waals surface area contributed by atoms with E-state index in [9.17, 15) is 14.9 Å². The van der Waals surface area contributed by atoms with Crippen molar-refractivity contribution in [2.45, 2.75) is 0 Å². The third kappa shape index (κ3) is 2.79. The summed E-state index contributed by atoms with van der Waals surface area (Å²) in [6, 6.07) is 13.3. The van der Waals surface area contributed by atoms with Crippen LogP contribution in [0.1, 0.15) is 10.4 Å². The predicted molar refractivity (Wildman–Crippen MR) is 85.0 cm³/mol. The summed E-state index contributed by atoms with van der Waals surface area (Å²) in [6.07, 6.45) is 0. The lowest BCUT2D eigenvalue weighted by molar-refractivity contribution is -0.385. The first-order valence-corrected chi connectivity index (χ1v) is 6.86. The standard InChI is InChI=1S/C14H11IN2O3/c1-16(13-9-5-3-7-11(13)15)14(18)10-6-2-4-8-12(10)17(19)20/h2-9H,1H3. The Balaban J connectivity index is 2.42. The second kappa shape index (κ2) is 6.00. The zero-order valence-electron chi connectivity index (χ0n) is 10.6. The van der Waals surface area contributed by atoms with E-state index in [1.54, 1.807) is 25.2 Å². The number of halogens is 1. The first-order valence-electron chi connectivity index (χ1n) is 5.78. The molecule has 6 heteroatoms. The minimum atomic E-state index is -0.545. The fourth-order valence-electron chi connectivity index (χ4n) is 1.83. The summed E-state index contributed by atoms with van der Waals surface area (Å²) in [4.78, 5) is 24.3. The topological polar surface area (TPSA) is 63.5 Å². The lowest BCUT2D eigenvalue weighted by atomic mass is 10.1. The van der Waals surface area contributed by atoms with Crippen LogP contribution in [0.4, 0.5) is 11.4 Å². The smallest absolute Gasteiger partial charge is 0.282 e. The molecule has 0 atom stereocenters. The van der Waals surface area contributed by atoms with Gasteiger partial charge < -0.3 is 4.90 Å². The average Bonchev–Trinajstić information content (AvgIpc) is 2.46. The van der Waals surface area contributed by atoms with Crippen LogP contribution in [0.5, 0.6) is 0 Å². The molecule has 0 saturated heterocycles. The number of hydrogen-bond donors (Lipinski definition) is 0. The molecule has 2 rings (SSSR count). The summed E-state index contributed by atoms with van der Waals surface area (Å²) in [5.74, 6) is -0.401. The average molecular weight is 382 g/mol. The highest BCUT2D eigenvalue weighted by Gasteiger charge is 2.23. The Morgan fingerprint density at radius 1 is 1.15 bits per heavy atom. The van der Waals surface area contributed by atoms with Crippen LogP contribution in [0.3, 0.4) is 0 Å². The zero-order valence-corrected chi connectivity index (χ0v) is 12.8. The van der Waals surface area contributed by atoms with Gasteiger partial charge in [-0.1, -0.05) is 24.3 Å². The number of para-hydroxylation sites is 2. The minimum absolute atomic E-state index is 0.0830. The molecule has 2 aromatic carbocycles. The van der Waals surface area contributed by atoms with Crippen molar-refractivity contribution in [1.29, 1.82) is 0 Å². The summed E-state index contributed by atoms with van der Waals surface area (Å²) < 4.78 is 0.902. The quantitative estimate of drug-likeness (QED) is 0.464.